The van der Waals surface area contributed by atoms with Crippen LogP contribution in [0.4, 0.5) is 0 Å². The molecule has 0 aliphatic heterocycles. The topological polar surface area (TPSA) is 88.2 Å². The van der Waals surface area contributed by atoms with Crippen molar-refractivity contribution in [1.82, 2.24) is 4.90 Å². The molecular weight excluding hydrogens is 350 g/mol. The van der Waals surface area contributed by atoms with E-state index in [-0.39, 0.29) is 18.3 Å². The van der Waals surface area contributed by atoms with Gasteiger partial charge in [-0.05, 0) is 39.4 Å². The number of ether oxygens (including phenoxy) is 1. The van der Waals surface area contributed by atoms with E-state index < -0.39 is 5.60 Å². The van der Waals surface area contributed by atoms with E-state index in [0.717, 1.165) is 10.0 Å². The highest BCUT2D eigenvalue weighted by Gasteiger charge is 2.18. The lowest BCUT2D eigenvalue weighted by Crippen LogP contribution is -2.32. The molecule has 0 amide bonds. The predicted octanol–water partition coefficient (Wildman–Crippen LogP) is 2.32. The third kappa shape index (κ3) is 6.03. The second-order valence-corrected chi connectivity index (χ2v) is 6.90. The van der Waals surface area contributed by atoms with E-state index >= 15 is 0 Å². The van der Waals surface area contributed by atoms with Gasteiger partial charge < -0.3 is 15.7 Å². The van der Waals surface area contributed by atoms with Crippen LogP contribution in [0.15, 0.2) is 27.8 Å². The lowest BCUT2D eigenvalue weighted by atomic mass is 10.1. The molecule has 1 rings (SSSR count). The highest BCUT2D eigenvalue weighted by Crippen LogP contribution is 2.20. The maximum absolute atomic E-state index is 11.8. The van der Waals surface area contributed by atoms with E-state index in [9.17, 15) is 4.79 Å². The van der Waals surface area contributed by atoms with E-state index in [2.05, 4.69) is 21.1 Å². The van der Waals surface area contributed by atoms with E-state index in [0.29, 0.717) is 12.1 Å². The number of carbonyl (C=O) groups excluding carboxylic acids is 1. The van der Waals surface area contributed by atoms with Gasteiger partial charge in [0, 0.05) is 16.6 Å². The molecule has 0 heterocycles. The minimum Gasteiger partial charge on any atom is -0.459 e. The van der Waals surface area contributed by atoms with Gasteiger partial charge in [-0.15, -0.1) is 0 Å². The van der Waals surface area contributed by atoms with Crippen molar-refractivity contribution in [3.8, 4) is 0 Å². The van der Waals surface area contributed by atoms with Gasteiger partial charge in [-0.3, -0.25) is 9.69 Å². The van der Waals surface area contributed by atoms with Crippen molar-refractivity contribution in [1.29, 1.82) is 0 Å². The lowest BCUT2D eigenvalue weighted by Gasteiger charge is -2.22. The maximum Gasteiger partial charge on any atom is 0.320 e. The average Bonchev–Trinajstić information content (AvgIpc) is 2.37. The zero-order chi connectivity index (χ0) is 16.9. The van der Waals surface area contributed by atoms with Crippen LogP contribution in [0.1, 0.15) is 31.9 Å². The Bertz CT molecular complexity index is 568. The molecule has 0 radical (unpaired) electrons. The molecule has 0 bridgehead atoms. The molecule has 0 aliphatic carbocycles. The molecule has 122 valence electrons. The molecule has 0 saturated heterocycles. The van der Waals surface area contributed by atoms with E-state index in [1.165, 1.54) is 0 Å². The summed E-state index contributed by atoms with van der Waals surface area (Å²) >= 11 is 3.45. The summed E-state index contributed by atoms with van der Waals surface area (Å²) in [6.07, 6.45) is 0. The Labute approximate surface area is 139 Å². The Morgan fingerprint density at radius 3 is 2.59 bits per heavy atom. The molecule has 7 heteroatoms. The number of hydrogen-bond donors (Lipinski definition) is 2. The molecular formula is C15H22BrN3O3. The fourth-order valence-corrected chi connectivity index (χ4v) is 2.34. The zero-order valence-electron chi connectivity index (χ0n) is 13.3. The van der Waals surface area contributed by atoms with E-state index in [1.54, 1.807) is 12.1 Å². The summed E-state index contributed by atoms with van der Waals surface area (Å²) in [6, 6.07) is 5.39. The van der Waals surface area contributed by atoms with E-state index in [4.69, 9.17) is 15.7 Å². The molecule has 0 aliphatic rings. The van der Waals surface area contributed by atoms with Crippen LogP contribution in [0.3, 0.4) is 0 Å². The molecule has 0 fully saturated rings. The third-order valence-corrected chi connectivity index (χ3v) is 3.45. The normalized spacial score (nSPS) is 12.5. The highest BCUT2D eigenvalue weighted by molar-refractivity contribution is 9.10. The summed E-state index contributed by atoms with van der Waals surface area (Å²) in [5.41, 5.74) is 6.67. The molecule has 1 aromatic carbocycles. The second-order valence-electron chi connectivity index (χ2n) is 6.05. The second kappa shape index (κ2) is 7.60. The highest BCUT2D eigenvalue weighted by atomic mass is 79.9. The Morgan fingerprint density at radius 2 is 2.09 bits per heavy atom. The van der Waals surface area contributed by atoms with Crippen molar-refractivity contribution in [2.45, 2.75) is 32.9 Å². The number of carbonyl (C=O) groups is 1. The summed E-state index contributed by atoms with van der Waals surface area (Å²) in [7, 11) is 1.84. The largest absolute Gasteiger partial charge is 0.459 e. The summed E-state index contributed by atoms with van der Waals surface area (Å²) in [4.78, 5) is 13.6. The molecule has 22 heavy (non-hydrogen) atoms. The number of nitrogens with two attached hydrogens (primary N) is 1. The molecule has 0 aromatic heterocycles. The Kier molecular flexibility index (Phi) is 6.37. The maximum atomic E-state index is 11.8. The Hall–Kier alpha value is -1.60. The molecule has 0 saturated carbocycles. The summed E-state index contributed by atoms with van der Waals surface area (Å²) < 4.78 is 6.12. The molecule has 0 atom stereocenters. The third-order valence-electron chi connectivity index (χ3n) is 2.72. The van der Waals surface area contributed by atoms with Crippen molar-refractivity contribution >= 4 is 27.7 Å². The van der Waals surface area contributed by atoms with E-state index in [1.807, 2.05) is 38.8 Å². The van der Waals surface area contributed by atoms with Crippen molar-refractivity contribution in [2.75, 3.05) is 13.6 Å². The first-order valence-electron chi connectivity index (χ1n) is 6.79. The molecule has 0 unspecified atom stereocenters. The number of benzene rings is 1. The van der Waals surface area contributed by atoms with Crippen LogP contribution in [0.5, 0.6) is 0 Å². The van der Waals surface area contributed by atoms with Gasteiger partial charge in [0.1, 0.15) is 5.60 Å². The van der Waals surface area contributed by atoms with Gasteiger partial charge in [0.05, 0.1) is 6.54 Å². The number of esters is 1. The van der Waals surface area contributed by atoms with Gasteiger partial charge in [-0.1, -0.05) is 33.2 Å². The number of halogens is 1. The average molecular weight is 372 g/mol. The van der Waals surface area contributed by atoms with Crippen LogP contribution in [0.2, 0.25) is 0 Å². The first kappa shape index (κ1) is 18.4. The predicted molar refractivity (Wildman–Crippen MR) is 88.8 cm³/mol. The molecule has 3 N–H and O–H groups in total. The number of rotatable bonds is 5. The standard InChI is InChI=1S/C15H22BrN3O3/c1-15(2,3)22-13(20)9-19(4)8-11-6-5-10(7-12(11)16)14(17)18-21/h5-7,21H,8-9H2,1-4H3,(H2,17,18). The molecule has 6 nitrogen and oxygen atoms in total. The van der Waals surface area contributed by atoms with Crippen LogP contribution >= 0.6 is 15.9 Å². The fraction of sp³-hybridized carbons (Fsp3) is 0.467. The number of nitrogens with zero attached hydrogens (tertiary/aromatic N) is 2. The minimum atomic E-state index is -0.485. The van der Waals surface area contributed by atoms with Gasteiger partial charge in [0.25, 0.3) is 0 Å². The van der Waals surface area contributed by atoms with Gasteiger partial charge in [-0.25, -0.2) is 0 Å². The Balaban J connectivity index is 2.69. The summed E-state index contributed by atoms with van der Waals surface area (Å²) in [6.45, 7) is 6.29. The van der Waals surface area contributed by atoms with Gasteiger partial charge in [0.15, 0.2) is 5.84 Å². The van der Waals surface area contributed by atoms with Crippen molar-refractivity contribution in [3.63, 3.8) is 0 Å². The van der Waals surface area contributed by atoms with Gasteiger partial charge in [0.2, 0.25) is 0 Å². The van der Waals surface area contributed by atoms with Gasteiger partial charge in [-0.2, -0.15) is 0 Å². The summed E-state index contributed by atoms with van der Waals surface area (Å²) in [5, 5.41) is 11.6. The number of likely N-dealkylation sites (N-methyl/N-ethyl adjacent to an activating group) is 1. The van der Waals surface area contributed by atoms with Crippen LogP contribution in [0, 0.1) is 0 Å². The SMILES string of the molecule is CN(CC(=O)OC(C)(C)C)Cc1ccc(/C(N)=N\O)cc1Br. The smallest absolute Gasteiger partial charge is 0.320 e. The van der Waals surface area contributed by atoms with Gasteiger partial charge >= 0.3 is 5.97 Å². The fourth-order valence-electron chi connectivity index (χ4n) is 1.83. The van der Waals surface area contributed by atoms with Crippen LogP contribution in [0.25, 0.3) is 0 Å². The van der Waals surface area contributed by atoms with Crippen molar-refractivity contribution in [2.24, 2.45) is 10.9 Å². The quantitative estimate of drug-likeness (QED) is 0.272. The zero-order valence-corrected chi connectivity index (χ0v) is 14.8. The first-order chi connectivity index (χ1) is 10.1. The Morgan fingerprint density at radius 1 is 1.45 bits per heavy atom. The van der Waals surface area contributed by atoms with Crippen LogP contribution in [-0.2, 0) is 16.1 Å². The van der Waals surface area contributed by atoms with Crippen LogP contribution < -0.4 is 5.73 Å². The first-order valence-corrected chi connectivity index (χ1v) is 7.58. The lowest BCUT2D eigenvalue weighted by molar-refractivity contribution is -0.155. The van der Waals surface area contributed by atoms with Crippen LogP contribution in [-0.4, -0.2) is 41.1 Å². The minimum absolute atomic E-state index is 0.0503. The van der Waals surface area contributed by atoms with Crippen molar-refractivity contribution < 1.29 is 14.7 Å². The molecule has 1 aromatic rings. The van der Waals surface area contributed by atoms with Crippen molar-refractivity contribution in [3.05, 3.63) is 33.8 Å². The monoisotopic (exact) mass is 371 g/mol. The number of oxime groups is 1. The summed E-state index contributed by atoms with van der Waals surface area (Å²) in [5.74, 6) is -0.214. The molecule has 0 spiro atoms. The number of amidine groups is 1. The number of hydrogen-bond acceptors (Lipinski definition) is 5.